The van der Waals surface area contributed by atoms with E-state index in [0.717, 1.165) is 25.9 Å². The molecule has 0 bridgehead atoms. The molecule has 1 aromatic carbocycles. The van der Waals surface area contributed by atoms with E-state index in [0.29, 0.717) is 5.56 Å². The van der Waals surface area contributed by atoms with Crippen molar-refractivity contribution in [2.24, 2.45) is 0 Å². The van der Waals surface area contributed by atoms with Gasteiger partial charge in [-0.05, 0) is 32.0 Å². The number of rotatable bonds is 6. The summed E-state index contributed by atoms with van der Waals surface area (Å²) in [5.74, 6) is -1.03. The van der Waals surface area contributed by atoms with Crippen LogP contribution in [0.3, 0.4) is 0 Å². The highest BCUT2D eigenvalue weighted by Crippen LogP contribution is 2.26. The van der Waals surface area contributed by atoms with Crippen LogP contribution >= 0.6 is 0 Å². The molecule has 1 aromatic rings. The molecule has 128 valence electrons. The molecule has 1 heterocycles. The largest absolute Gasteiger partial charge is 0.389 e. The Labute approximate surface area is 132 Å². The van der Waals surface area contributed by atoms with Gasteiger partial charge in [0.1, 0.15) is 5.82 Å². The highest BCUT2D eigenvalue weighted by atomic mass is 19.4. The van der Waals surface area contributed by atoms with Crippen molar-refractivity contribution in [1.29, 1.82) is 0 Å². The first-order valence-electron chi connectivity index (χ1n) is 7.69. The highest BCUT2D eigenvalue weighted by molar-refractivity contribution is 5.75. The van der Waals surface area contributed by atoms with Crippen molar-refractivity contribution >= 4 is 5.91 Å². The summed E-state index contributed by atoms with van der Waals surface area (Å²) in [6.45, 7) is 1.69. The van der Waals surface area contributed by atoms with E-state index in [1.807, 2.05) is 0 Å². The van der Waals surface area contributed by atoms with Crippen LogP contribution in [0.5, 0.6) is 0 Å². The summed E-state index contributed by atoms with van der Waals surface area (Å²) in [6.07, 6.45) is -4.11. The Morgan fingerprint density at radius 1 is 1.22 bits per heavy atom. The molecule has 0 unspecified atom stereocenters. The van der Waals surface area contributed by atoms with Crippen molar-refractivity contribution in [2.75, 3.05) is 19.6 Å². The second kappa shape index (κ2) is 7.77. The summed E-state index contributed by atoms with van der Waals surface area (Å²) in [5.41, 5.74) is 0.463. The third-order valence-electron chi connectivity index (χ3n) is 3.97. The van der Waals surface area contributed by atoms with Gasteiger partial charge in [0.05, 0.1) is 12.5 Å². The molecule has 1 amide bonds. The Hall–Kier alpha value is -1.63. The first-order valence-corrected chi connectivity index (χ1v) is 7.69. The van der Waals surface area contributed by atoms with E-state index < -0.39 is 24.9 Å². The second-order valence-corrected chi connectivity index (χ2v) is 5.70. The lowest BCUT2D eigenvalue weighted by Gasteiger charge is -2.28. The number of nitrogens with one attached hydrogen (secondary N) is 1. The molecular weight excluding hydrogens is 312 g/mol. The van der Waals surface area contributed by atoms with E-state index in [1.54, 1.807) is 18.2 Å². The Kier molecular flexibility index (Phi) is 5.98. The number of carbonyl (C=O) groups excluding carboxylic acids is 1. The first-order chi connectivity index (χ1) is 10.9. The minimum absolute atomic E-state index is 0.109. The van der Waals surface area contributed by atoms with Gasteiger partial charge in [-0.25, -0.2) is 4.39 Å². The van der Waals surface area contributed by atoms with Gasteiger partial charge in [0.2, 0.25) is 5.91 Å². The maximum Gasteiger partial charge on any atom is 0.389 e. The van der Waals surface area contributed by atoms with Crippen LogP contribution in [-0.2, 0) is 4.79 Å². The van der Waals surface area contributed by atoms with Gasteiger partial charge >= 0.3 is 6.18 Å². The van der Waals surface area contributed by atoms with Gasteiger partial charge < -0.3 is 5.32 Å². The molecule has 3 nitrogen and oxygen atoms in total. The smallest absolute Gasteiger partial charge is 0.354 e. The number of nitrogens with zero attached hydrogens (tertiary/aromatic N) is 1. The van der Waals surface area contributed by atoms with Crippen molar-refractivity contribution in [3.63, 3.8) is 0 Å². The van der Waals surface area contributed by atoms with Gasteiger partial charge in [-0.2, -0.15) is 13.2 Å². The monoisotopic (exact) mass is 332 g/mol. The number of alkyl halides is 3. The second-order valence-electron chi connectivity index (χ2n) is 5.70. The van der Waals surface area contributed by atoms with E-state index in [2.05, 4.69) is 10.2 Å². The van der Waals surface area contributed by atoms with Crippen LogP contribution in [0.25, 0.3) is 0 Å². The molecule has 0 aliphatic carbocycles. The van der Waals surface area contributed by atoms with Crippen LogP contribution in [0.4, 0.5) is 17.6 Å². The number of hydrogen-bond donors (Lipinski definition) is 1. The number of halogens is 4. The van der Waals surface area contributed by atoms with E-state index in [1.165, 1.54) is 6.07 Å². The predicted molar refractivity (Wildman–Crippen MR) is 78.2 cm³/mol. The van der Waals surface area contributed by atoms with Crippen LogP contribution in [0.15, 0.2) is 24.3 Å². The third-order valence-corrected chi connectivity index (χ3v) is 3.97. The number of hydrogen-bond acceptors (Lipinski definition) is 2. The maximum absolute atomic E-state index is 14.0. The molecule has 0 radical (unpaired) electrons. The Morgan fingerprint density at radius 3 is 2.48 bits per heavy atom. The first kappa shape index (κ1) is 17.7. The summed E-state index contributed by atoms with van der Waals surface area (Å²) < 4.78 is 50.5. The van der Waals surface area contributed by atoms with Crippen molar-refractivity contribution in [3.05, 3.63) is 35.6 Å². The molecule has 1 aliphatic heterocycles. The molecule has 0 spiro atoms. The molecule has 1 atom stereocenters. The van der Waals surface area contributed by atoms with Crippen molar-refractivity contribution in [3.8, 4) is 0 Å². The number of benzene rings is 1. The van der Waals surface area contributed by atoms with Gasteiger partial charge in [-0.15, -0.1) is 0 Å². The van der Waals surface area contributed by atoms with Gasteiger partial charge in [0, 0.05) is 18.5 Å². The lowest BCUT2D eigenvalue weighted by molar-refractivity contribution is -0.144. The van der Waals surface area contributed by atoms with E-state index in [4.69, 9.17) is 0 Å². The van der Waals surface area contributed by atoms with E-state index in [-0.39, 0.29) is 18.4 Å². The van der Waals surface area contributed by atoms with Crippen molar-refractivity contribution in [2.45, 2.75) is 37.9 Å². The lowest BCUT2D eigenvalue weighted by Crippen LogP contribution is -2.37. The lowest BCUT2D eigenvalue weighted by atomic mass is 10.0. The molecule has 1 N–H and O–H groups in total. The molecule has 1 aliphatic rings. The van der Waals surface area contributed by atoms with Gasteiger partial charge in [-0.1, -0.05) is 18.2 Å². The molecule has 23 heavy (non-hydrogen) atoms. The normalized spacial score (nSPS) is 17.2. The average Bonchev–Trinajstić information content (AvgIpc) is 3.00. The van der Waals surface area contributed by atoms with Crippen LogP contribution in [-0.4, -0.2) is 36.6 Å². The Balaban J connectivity index is 1.98. The zero-order valence-electron chi connectivity index (χ0n) is 12.7. The topological polar surface area (TPSA) is 32.3 Å². The molecule has 7 heteroatoms. The Morgan fingerprint density at radius 2 is 1.87 bits per heavy atom. The van der Waals surface area contributed by atoms with Gasteiger partial charge in [0.15, 0.2) is 0 Å². The van der Waals surface area contributed by atoms with Crippen molar-refractivity contribution < 1.29 is 22.4 Å². The minimum Gasteiger partial charge on any atom is -0.354 e. The summed E-state index contributed by atoms with van der Waals surface area (Å²) in [4.78, 5) is 13.7. The third kappa shape index (κ3) is 5.49. The highest BCUT2D eigenvalue weighted by Gasteiger charge is 2.29. The average molecular weight is 332 g/mol. The quantitative estimate of drug-likeness (QED) is 0.810. The van der Waals surface area contributed by atoms with E-state index in [9.17, 15) is 22.4 Å². The van der Waals surface area contributed by atoms with Gasteiger partial charge in [-0.3, -0.25) is 9.69 Å². The van der Waals surface area contributed by atoms with E-state index >= 15 is 0 Å². The number of amides is 1. The maximum atomic E-state index is 14.0. The van der Waals surface area contributed by atoms with Gasteiger partial charge in [0.25, 0.3) is 0 Å². The summed E-state index contributed by atoms with van der Waals surface area (Å²) in [5, 5.41) is 2.51. The Bertz CT molecular complexity index is 527. The fourth-order valence-electron chi connectivity index (χ4n) is 2.79. The molecule has 1 saturated heterocycles. The van der Waals surface area contributed by atoms with Crippen LogP contribution in [0, 0.1) is 5.82 Å². The predicted octanol–water partition coefficient (Wildman–Crippen LogP) is 3.42. The molecule has 2 rings (SSSR count). The zero-order chi connectivity index (χ0) is 16.9. The summed E-state index contributed by atoms with van der Waals surface area (Å²) in [7, 11) is 0. The molecule has 1 fully saturated rings. The van der Waals surface area contributed by atoms with Crippen LogP contribution in [0.2, 0.25) is 0 Å². The summed E-state index contributed by atoms with van der Waals surface area (Å²) >= 11 is 0. The standard InChI is InChI=1S/C16H20F4N2O/c17-13-6-2-1-5-12(13)14(22-9-3-4-10-22)11-21-15(23)7-8-16(18,19)20/h1-2,5-6,14H,3-4,7-11H2,(H,21,23)/t14-/m1/s1. The number of likely N-dealkylation sites (tertiary alicyclic amines) is 1. The van der Waals surface area contributed by atoms with Crippen molar-refractivity contribution in [1.82, 2.24) is 10.2 Å². The fourth-order valence-corrected chi connectivity index (χ4v) is 2.79. The molecular formula is C16H20F4N2O. The molecule has 0 aromatic heterocycles. The van der Waals surface area contributed by atoms with Crippen LogP contribution < -0.4 is 5.32 Å². The molecule has 0 saturated carbocycles. The summed E-state index contributed by atoms with van der Waals surface area (Å²) in [6, 6.07) is 5.95. The van der Waals surface area contributed by atoms with Crippen LogP contribution in [0.1, 0.15) is 37.3 Å². The SMILES string of the molecule is O=C(CCC(F)(F)F)NC[C@H](c1ccccc1F)N1CCCC1. The number of carbonyl (C=O) groups is 1. The minimum atomic E-state index is -4.35. The zero-order valence-corrected chi connectivity index (χ0v) is 12.7. The fraction of sp³-hybridized carbons (Fsp3) is 0.562.